The number of sulfone groups is 1. The Balaban J connectivity index is 1.52. The molecule has 0 aliphatic carbocycles. The maximum Gasteiger partial charge on any atom is 0.225 e. The molecule has 1 saturated heterocycles. The summed E-state index contributed by atoms with van der Waals surface area (Å²) < 4.78 is 28.8. The Bertz CT molecular complexity index is 1620. The number of hydrogen-bond donors (Lipinski definition) is 1. The zero-order valence-electron chi connectivity index (χ0n) is 20.8. The first-order chi connectivity index (χ1) is 17.2. The van der Waals surface area contributed by atoms with E-state index < -0.39 is 15.4 Å². The van der Waals surface area contributed by atoms with Crippen LogP contribution >= 0.6 is 0 Å². The van der Waals surface area contributed by atoms with Crippen LogP contribution in [-0.4, -0.2) is 40.2 Å². The summed E-state index contributed by atoms with van der Waals surface area (Å²) in [6.45, 7) is 6.69. The fourth-order valence-corrected chi connectivity index (χ4v) is 8.37. The predicted molar refractivity (Wildman–Crippen MR) is 141 cm³/mol. The lowest BCUT2D eigenvalue weighted by molar-refractivity contribution is -0.116. The molecule has 2 atom stereocenters. The summed E-state index contributed by atoms with van der Waals surface area (Å²) >= 11 is 0. The lowest BCUT2D eigenvalue weighted by Crippen LogP contribution is -2.33. The molecule has 6 rings (SSSR count). The summed E-state index contributed by atoms with van der Waals surface area (Å²) in [5.41, 5.74) is 6.45. The number of anilines is 1. The molecule has 1 amide bonds. The van der Waals surface area contributed by atoms with E-state index in [1.165, 1.54) is 5.56 Å². The van der Waals surface area contributed by atoms with Crippen LogP contribution in [0.3, 0.4) is 0 Å². The molecule has 0 radical (unpaired) electrons. The lowest BCUT2D eigenvalue weighted by atomic mass is 9.87. The van der Waals surface area contributed by atoms with Gasteiger partial charge in [-0.25, -0.2) is 8.42 Å². The first-order valence-electron chi connectivity index (χ1n) is 12.4. The van der Waals surface area contributed by atoms with Crippen LogP contribution < -0.4 is 5.32 Å². The van der Waals surface area contributed by atoms with Gasteiger partial charge in [0, 0.05) is 41.7 Å². The number of hydrogen-bond acceptors (Lipinski definition) is 4. The Morgan fingerprint density at radius 3 is 2.61 bits per heavy atom. The zero-order valence-corrected chi connectivity index (χ0v) is 21.6. The number of aryl methyl sites for hydroxylation is 1. The van der Waals surface area contributed by atoms with Crippen LogP contribution in [0.1, 0.15) is 53.8 Å². The highest BCUT2D eigenvalue weighted by molar-refractivity contribution is 7.91. The molecule has 2 aliphatic rings. The standard InChI is InChI=1S/C28H30N4O3S/c1-18-26(19(2)32(30-18)28(3)12-13-36(34,35)17-28)21-14-25(33)29-23-10-7-11-24-27(23)22(21)16-31(24)15-20-8-5-4-6-9-20/h4-11,16,21H,12-15,17H2,1-3H3,(H,29,33)/t21-,28+/m0/s1. The number of carbonyl (C=O) groups excluding carboxylic acids is 1. The summed E-state index contributed by atoms with van der Waals surface area (Å²) in [5.74, 6) is 0.0648. The number of nitrogens with one attached hydrogen (secondary N) is 1. The molecule has 0 saturated carbocycles. The van der Waals surface area contributed by atoms with Gasteiger partial charge in [0.25, 0.3) is 0 Å². The van der Waals surface area contributed by atoms with Crippen LogP contribution in [0.15, 0.2) is 54.7 Å². The molecular weight excluding hydrogens is 472 g/mol. The van der Waals surface area contributed by atoms with Crippen molar-refractivity contribution in [3.63, 3.8) is 0 Å². The molecule has 7 nitrogen and oxygen atoms in total. The van der Waals surface area contributed by atoms with E-state index in [1.54, 1.807) is 0 Å². The van der Waals surface area contributed by atoms with Gasteiger partial charge in [-0.2, -0.15) is 5.10 Å². The number of benzene rings is 2. The van der Waals surface area contributed by atoms with Crippen LogP contribution in [0.25, 0.3) is 10.9 Å². The molecule has 1 N–H and O–H groups in total. The largest absolute Gasteiger partial charge is 0.343 e. The van der Waals surface area contributed by atoms with Gasteiger partial charge in [0.1, 0.15) is 0 Å². The maximum absolute atomic E-state index is 13.1. The van der Waals surface area contributed by atoms with E-state index in [0.29, 0.717) is 12.8 Å². The summed E-state index contributed by atoms with van der Waals surface area (Å²) in [7, 11) is -3.09. The Labute approximate surface area is 211 Å². The van der Waals surface area contributed by atoms with Crippen LogP contribution in [0.4, 0.5) is 5.69 Å². The van der Waals surface area contributed by atoms with Crippen molar-refractivity contribution in [1.29, 1.82) is 0 Å². The predicted octanol–water partition coefficient (Wildman–Crippen LogP) is 4.51. The van der Waals surface area contributed by atoms with Gasteiger partial charge in [-0.1, -0.05) is 36.4 Å². The summed E-state index contributed by atoms with van der Waals surface area (Å²) in [6.07, 6.45) is 3.04. The van der Waals surface area contributed by atoms with Crippen molar-refractivity contribution >= 4 is 32.3 Å². The normalized spacial score (nSPS) is 23.1. The third-order valence-corrected chi connectivity index (χ3v) is 9.75. The molecule has 36 heavy (non-hydrogen) atoms. The second-order valence-corrected chi connectivity index (χ2v) is 12.7. The minimum atomic E-state index is -3.09. The molecule has 186 valence electrons. The zero-order chi connectivity index (χ0) is 25.2. The van der Waals surface area contributed by atoms with E-state index in [2.05, 4.69) is 34.3 Å². The minimum Gasteiger partial charge on any atom is -0.343 e. The molecule has 0 spiro atoms. The molecule has 1 fully saturated rings. The van der Waals surface area contributed by atoms with Crippen LogP contribution in [0, 0.1) is 13.8 Å². The first kappa shape index (κ1) is 23.0. The number of amides is 1. The maximum atomic E-state index is 13.1. The van der Waals surface area contributed by atoms with Crippen molar-refractivity contribution in [2.45, 2.75) is 51.6 Å². The molecule has 4 aromatic rings. The number of nitrogens with zero attached hydrogens (tertiary/aromatic N) is 3. The molecule has 4 heterocycles. The van der Waals surface area contributed by atoms with Gasteiger partial charge in [-0.3, -0.25) is 9.48 Å². The van der Waals surface area contributed by atoms with E-state index in [4.69, 9.17) is 5.10 Å². The van der Waals surface area contributed by atoms with Gasteiger partial charge in [-0.15, -0.1) is 0 Å². The highest BCUT2D eigenvalue weighted by Gasteiger charge is 2.43. The molecule has 2 aromatic heterocycles. The van der Waals surface area contributed by atoms with E-state index in [-0.39, 0.29) is 23.3 Å². The second kappa shape index (κ2) is 8.06. The van der Waals surface area contributed by atoms with Crippen LogP contribution in [0.2, 0.25) is 0 Å². The summed E-state index contributed by atoms with van der Waals surface area (Å²) in [4.78, 5) is 13.1. The fraction of sp³-hybridized carbons (Fsp3) is 0.357. The van der Waals surface area contributed by atoms with E-state index in [0.717, 1.165) is 45.6 Å². The van der Waals surface area contributed by atoms with Gasteiger partial charge in [0.2, 0.25) is 5.91 Å². The van der Waals surface area contributed by atoms with E-state index in [9.17, 15) is 13.2 Å². The lowest BCUT2D eigenvalue weighted by Gasteiger charge is -2.25. The summed E-state index contributed by atoms with van der Waals surface area (Å²) in [5, 5.41) is 9.05. The molecular formula is C28H30N4O3S. The second-order valence-electron chi connectivity index (χ2n) is 10.5. The SMILES string of the molecule is Cc1nn([C@]2(C)CCS(=O)(=O)C2)c(C)c1[C@H]1CC(=O)Nc2cccc3c2c1cn3Cc1ccccc1. The third-order valence-electron chi connectivity index (χ3n) is 7.86. The van der Waals surface area contributed by atoms with Gasteiger partial charge in [0.15, 0.2) is 9.84 Å². The van der Waals surface area contributed by atoms with Crippen LogP contribution in [-0.2, 0) is 26.7 Å². The average Bonchev–Trinajstić information content (AvgIpc) is 3.41. The smallest absolute Gasteiger partial charge is 0.225 e. The van der Waals surface area contributed by atoms with Gasteiger partial charge < -0.3 is 9.88 Å². The van der Waals surface area contributed by atoms with Gasteiger partial charge >= 0.3 is 0 Å². The minimum absolute atomic E-state index is 0.0282. The third kappa shape index (κ3) is 3.66. The van der Waals surface area contributed by atoms with Crippen molar-refractivity contribution in [1.82, 2.24) is 14.3 Å². The van der Waals surface area contributed by atoms with Crippen molar-refractivity contribution in [2.75, 3.05) is 16.8 Å². The Morgan fingerprint density at radius 1 is 1.11 bits per heavy atom. The van der Waals surface area contributed by atoms with Crippen molar-refractivity contribution in [2.24, 2.45) is 0 Å². The molecule has 2 aliphatic heterocycles. The highest BCUT2D eigenvalue weighted by atomic mass is 32.2. The van der Waals surface area contributed by atoms with E-state index >= 15 is 0 Å². The topological polar surface area (TPSA) is 86.0 Å². The Kier molecular flexibility index (Phi) is 5.16. The highest BCUT2D eigenvalue weighted by Crippen LogP contribution is 2.44. The van der Waals surface area contributed by atoms with E-state index in [1.807, 2.05) is 55.8 Å². The van der Waals surface area contributed by atoms with Gasteiger partial charge in [-0.05, 0) is 50.5 Å². The number of carbonyl (C=O) groups is 1. The summed E-state index contributed by atoms with van der Waals surface area (Å²) in [6, 6.07) is 16.4. The quantitative estimate of drug-likeness (QED) is 0.445. The average molecular weight is 503 g/mol. The Morgan fingerprint density at radius 2 is 1.89 bits per heavy atom. The monoisotopic (exact) mass is 502 g/mol. The fourth-order valence-electron chi connectivity index (χ4n) is 6.26. The molecule has 0 unspecified atom stereocenters. The molecule has 0 bridgehead atoms. The Hall–Kier alpha value is -3.39. The first-order valence-corrected chi connectivity index (χ1v) is 14.2. The van der Waals surface area contributed by atoms with Crippen molar-refractivity contribution in [3.05, 3.63) is 82.8 Å². The molecule has 2 aromatic carbocycles. The molecule has 8 heteroatoms. The van der Waals surface area contributed by atoms with Crippen molar-refractivity contribution < 1.29 is 13.2 Å². The number of rotatable bonds is 4. The van der Waals surface area contributed by atoms with Crippen molar-refractivity contribution in [3.8, 4) is 0 Å². The van der Waals surface area contributed by atoms with Gasteiger partial charge in [0.05, 0.1) is 33.9 Å². The number of aromatic nitrogens is 3. The van der Waals surface area contributed by atoms with Crippen LogP contribution in [0.5, 0.6) is 0 Å².